The van der Waals surface area contributed by atoms with Crippen LogP contribution in [0.3, 0.4) is 0 Å². The summed E-state index contributed by atoms with van der Waals surface area (Å²) in [6.45, 7) is 5.85. The predicted octanol–water partition coefficient (Wildman–Crippen LogP) is 3.46. The van der Waals surface area contributed by atoms with Gasteiger partial charge in [-0.15, -0.1) is 0 Å². The van der Waals surface area contributed by atoms with Gasteiger partial charge in [0.15, 0.2) is 0 Å². The van der Waals surface area contributed by atoms with E-state index in [2.05, 4.69) is 10.5 Å². The summed E-state index contributed by atoms with van der Waals surface area (Å²) in [5, 5.41) is 7.39. The van der Waals surface area contributed by atoms with E-state index in [1.807, 2.05) is 13.8 Å². The van der Waals surface area contributed by atoms with E-state index in [4.69, 9.17) is 32.8 Å². The Labute approximate surface area is 156 Å². The Morgan fingerprint density at radius 1 is 1.40 bits per heavy atom. The highest BCUT2D eigenvalue weighted by Gasteiger charge is 2.50. The summed E-state index contributed by atoms with van der Waals surface area (Å²) >= 11 is 11.9. The van der Waals surface area contributed by atoms with E-state index >= 15 is 0 Å². The fourth-order valence-electron chi connectivity index (χ4n) is 2.47. The number of esters is 1. The zero-order chi connectivity index (χ0) is 18.6. The summed E-state index contributed by atoms with van der Waals surface area (Å²) in [6.07, 6.45) is 0.257. The lowest BCUT2D eigenvalue weighted by Gasteiger charge is -2.27. The van der Waals surface area contributed by atoms with Gasteiger partial charge in [0, 0.05) is 17.4 Å². The summed E-state index contributed by atoms with van der Waals surface area (Å²) in [6, 6.07) is 4.65. The van der Waals surface area contributed by atoms with Crippen molar-refractivity contribution in [3.8, 4) is 0 Å². The van der Waals surface area contributed by atoms with Gasteiger partial charge in [0.25, 0.3) is 5.91 Å². The molecule has 1 N–H and O–H groups in total. The van der Waals surface area contributed by atoms with Crippen LogP contribution in [0.5, 0.6) is 0 Å². The van der Waals surface area contributed by atoms with Crippen molar-refractivity contribution in [1.82, 2.24) is 5.32 Å². The molecule has 0 bridgehead atoms. The van der Waals surface area contributed by atoms with E-state index < -0.39 is 11.6 Å². The second-order valence-electron chi connectivity index (χ2n) is 6.00. The highest BCUT2D eigenvalue weighted by molar-refractivity contribution is 6.35. The Bertz CT molecular complexity index is 706. The average Bonchev–Trinajstić information content (AvgIpc) is 3.01. The number of halogens is 2. The minimum atomic E-state index is -1.15. The van der Waals surface area contributed by atoms with E-state index in [1.54, 1.807) is 19.1 Å². The SMILES string of the molecule is CCOC(=O)C1(C(C)C)CC(CNC(=O)c2cc(Cl)ccc2Cl)=NO1. The molecule has 1 aliphatic heterocycles. The number of rotatable bonds is 6. The van der Waals surface area contributed by atoms with Gasteiger partial charge in [0.1, 0.15) is 0 Å². The first-order chi connectivity index (χ1) is 11.8. The molecule has 1 amide bonds. The van der Waals surface area contributed by atoms with Crippen molar-refractivity contribution >= 4 is 40.8 Å². The molecule has 0 fully saturated rings. The highest BCUT2D eigenvalue weighted by atomic mass is 35.5. The van der Waals surface area contributed by atoms with Crippen LogP contribution in [0.15, 0.2) is 23.4 Å². The fraction of sp³-hybridized carbons (Fsp3) is 0.471. The number of carbonyl (C=O) groups excluding carboxylic acids is 2. The minimum absolute atomic E-state index is 0.133. The van der Waals surface area contributed by atoms with Crippen LogP contribution in [-0.2, 0) is 14.4 Å². The molecule has 1 atom stereocenters. The van der Waals surface area contributed by atoms with Gasteiger partial charge in [-0.2, -0.15) is 0 Å². The topological polar surface area (TPSA) is 77.0 Å². The number of nitrogens with one attached hydrogen (secondary N) is 1. The molecule has 1 unspecified atom stereocenters. The zero-order valence-electron chi connectivity index (χ0n) is 14.3. The highest BCUT2D eigenvalue weighted by Crippen LogP contribution is 2.33. The molecule has 1 aromatic carbocycles. The number of hydrogen-bond donors (Lipinski definition) is 1. The van der Waals surface area contributed by atoms with Gasteiger partial charge >= 0.3 is 5.97 Å². The summed E-state index contributed by atoms with van der Waals surface area (Å²) < 4.78 is 5.11. The predicted molar refractivity (Wildman–Crippen MR) is 96.1 cm³/mol. The maximum atomic E-state index is 12.3. The smallest absolute Gasteiger partial charge is 0.354 e. The Kier molecular flexibility index (Phi) is 6.30. The van der Waals surface area contributed by atoms with Crippen LogP contribution in [0.25, 0.3) is 0 Å². The molecule has 0 saturated carbocycles. The second-order valence-corrected chi connectivity index (χ2v) is 6.84. The fourth-order valence-corrected chi connectivity index (χ4v) is 2.84. The third-order valence-corrected chi connectivity index (χ3v) is 4.55. The van der Waals surface area contributed by atoms with Crippen molar-refractivity contribution in [1.29, 1.82) is 0 Å². The van der Waals surface area contributed by atoms with Crippen molar-refractivity contribution < 1.29 is 19.2 Å². The Morgan fingerprint density at radius 3 is 2.76 bits per heavy atom. The molecule has 1 aliphatic rings. The summed E-state index contributed by atoms with van der Waals surface area (Å²) in [7, 11) is 0. The Balaban J connectivity index is 2.01. The van der Waals surface area contributed by atoms with Crippen LogP contribution in [0.1, 0.15) is 37.6 Å². The normalized spacial score (nSPS) is 19.4. The molecule has 0 saturated heterocycles. The largest absolute Gasteiger partial charge is 0.463 e. The molecule has 0 radical (unpaired) electrons. The zero-order valence-corrected chi connectivity index (χ0v) is 15.8. The third-order valence-electron chi connectivity index (χ3n) is 3.98. The van der Waals surface area contributed by atoms with E-state index in [0.717, 1.165) is 0 Å². The van der Waals surface area contributed by atoms with Crippen LogP contribution in [0, 0.1) is 5.92 Å². The lowest BCUT2D eigenvalue weighted by atomic mass is 9.86. The van der Waals surface area contributed by atoms with Crippen LogP contribution in [0.2, 0.25) is 10.0 Å². The van der Waals surface area contributed by atoms with Crippen LogP contribution >= 0.6 is 23.2 Å². The van der Waals surface area contributed by atoms with E-state index in [0.29, 0.717) is 15.8 Å². The number of benzene rings is 1. The van der Waals surface area contributed by atoms with E-state index in [9.17, 15) is 9.59 Å². The van der Waals surface area contributed by atoms with Crippen molar-refractivity contribution in [3.05, 3.63) is 33.8 Å². The minimum Gasteiger partial charge on any atom is -0.463 e. The first-order valence-electron chi connectivity index (χ1n) is 7.94. The molecule has 25 heavy (non-hydrogen) atoms. The van der Waals surface area contributed by atoms with Crippen molar-refractivity contribution in [2.24, 2.45) is 11.1 Å². The third kappa shape index (κ3) is 4.25. The molecule has 0 aromatic heterocycles. The Hall–Kier alpha value is -1.79. The lowest BCUT2D eigenvalue weighted by Crippen LogP contribution is -2.46. The first-order valence-corrected chi connectivity index (χ1v) is 8.70. The molecule has 8 heteroatoms. The number of hydrogen-bond acceptors (Lipinski definition) is 5. The lowest BCUT2D eigenvalue weighted by molar-refractivity contribution is -0.174. The van der Waals surface area contributed by atoms with Crippen LogP contribution in [0.4, 0.5) is 0 Å². The molecular formula is C17H20Cl2N2O4. The molecule has 2 rings (SSSR count). The standard InChI is InChI=1S/C17H20Cl2N2O4/c1-4-24-16(23)17(10(2)3)8-12(21-25-17)9-20-15(22)13-7-11(18)5-6-14(13)19/h5-7,10H,4,8-9H2,1-3H3,(H,20,22). The molecule has 1 heterocycles. The number of ether oxygens (including phenoxy) is 1. The first kappa shape index (κ1) is 19.5. The number of amides is 1. The molecule has 0 aliphatic carbocycles. The van der Waals surface area contributed by atoms with Crippen molar-refractivity contribution in [3.63, 3.8) is 0 Å². The maximum Gasteiger partial charge on any atom is 0.354 e. The van der Waals surface area contributed by atoms with Crippen molar-refractivity contribution in [2.45, 2.75) is 32.8 Å². The average molecular weight is 387 g/mol. The maximum absolute atomic E-state index is 12.3. The Morgan fingerprint density at radius 2 is 2.12 bits per heavy atom. The van der Waals surface area contributed by atoms with Gasteiger partial charge in [-0.05, 0) is 25.1 Å². The molecule has 1 aromatic rings. The van der Waals surface area contributed by atoms with Crippen molar-refractivity contribution in [2.75, 3.05) is 13.2 Å². The van der Waals surface area contributed by atoms with E-state index in [1.165, 1.54) is 6.07 Å². The molecule has 136 valence electrons. The summed E-state index contributed by atoms with van der Waals surface area (Å²) in [5.74, 6) is -0.966. The van der Waals surface area contributed by atoms with E-state index in [-0.39, 0.29) is 37.0 Å². The summed E-state index contributed by atoms with van der Waals surface area (Å²) in [5.41, 5.74) is -0.327. The number of oxime groups is 1. The molecular weight excluding hydrogens is 367 g/mol. The van der Waals surface area contributed by atoms with Gasteiger partial charge in [-0.1, -0.05) is 42.2 Å². The monoisotopic (exact) mass is 386 g/mol. The van der Waals surface area contributed by atoms with Gasteiger partial charge < -0.3 is 14.9 Å². The van der Waals surface area contributed by atoms with Gasteiger partial charge in [0.2, 0.25) is 5.60 Å². The number of nitrogens with zero attached hydrogens (tertiary/aromatic N) is 1. The molecule has 6 nitrogen and oxygen atoms in total. The van der Waals surface area contributed by atoms with Gasteiger partial charge in [-0.25, -0.2) is 4.79 Å². The van der Waals surface area contributed by atoms with Crippen LogP contribution < -0.4 is 5.32 Å². The number of carbonyl (C=O) groups is 2. The second kappa shape index (κ2) is 8.06. The van der Waals surface area contributed by atoms with Gasteiger partial charge in [0.05, 0.1) is 29.4 Å². The summed E-state index contributed by atoms with van der Waals surface area (Å²) in [4.78, 5) is 29.9. The van der Waals surface area contributed by atoms with Gasteiger partial charge in [-0.3, -0.25) is 4.79 Å². The molecule has 0 spiro atoms. The quantitative estimate of drug-likeness (QED) is 0.759. The van der Waals surface area contributed by atoms with Crippen LogP contribution in [-0.4, -0.2) is 36.3 Å².